The number of fused-ring (bicyclic) bond motifs is 3. The molecule has 0 bridgehead atoms. The van der Waals surface area contributed by atoms with E-state index < -0.39 is 44.5 Å². The molecule has 0 aliphatic carbocycles. The van der Waals surface area contributed by atoms with Gasteiger partial charge in [0.25, 0.3) is 5.56 Å². The van der Waals surface area contributed by atoms with Crippen LogP contribution in [-0.4, -0.2) is 32.5 Å². The van der Waals surface area contributed by atoms with Crippen LogP contribution in [0.3, 0.4) is 0 Å². The molecule has 30 heavy (non-hydrogen) atoms. The van der Waals surface area contributed by atoms with Crippen LogP contribution < -0.4 is 5.56 Å². The monoisotopic (exact) mass is 486 g/mol. The van der Waals surface area contributed by atoms with Gasteiger partial charge in [-0.05, 0) is 23.7 Å². The molecule has 0 saturated heterocycles. The number of alkyl halides is 11. The van der Waals surface area contributed by atoms with E-state index in [4.69, 9.17) is 0 Å². The van der Waals surface area contributed by atoms with Gasteiger partial charge in [-0.1, -0.05) is 23.5 Å². The number of hydrogen-bond donors (Lipinski definition) is 0. The molecule has 3 rings (SSSR count). The zero-order valence-corrected chi connectivity index (χ0v) is 15.3. The fourth-order valence-electron chi connectivity index (χ4n) is 2.47. The lowest BCUT2D eigenvalue weighted by molar-refractivity contribution is -0.392. The molecule has 0 amide bonds. The summed E-state index contributed by atoms with van der Waals surface area (Å²) in [5.74, 6) is -27.6. The molecule has 2 aromatic heterocycles. The molecule has 0 N–H and O–H groups in total. The van der Waals surface area contributed by atoms with Crippen molar-refractivity contribution in [3.05, 3.63) is 45.6 Å². The molecule has 15 heteroatoms. The van der Waals surface area contributed by atoms with Crippen LogP contribution >= 0.6 is 22.9 Å². The second-order valence-corrected chi connectivity index (χ2v) is 7.45. The number of hydrogen-bond acceptors (Lipinski definition) is 3. The van der Waals surface area contributed by atoms with Crippen molar-refractivity contribution in [1.82, 2.24) is 9.38 Å². The van der Waals surface area contributed by atoms with Gasteiger partial charge in [0.15, 0.2) is 4.96 Å². The van der Waals surface area contributed by atoms with Gasteiger partial charge in [0, 0.05) is 6.07 Å². The maximum absolute atomic E-state index is 14.3. The van der Waals surface area contributed by atoms with Crippen molar-refractivity contribution in [2.24, 2.45) is 0 Å². The summed E-state index contributed by atoms with van der Waals surface area (Å²) in [5, 5.41) is -6.28. The number of halogens is 11. The molecular formula is C15H5ClF10N2OS. The quantitative estimate of drug-likeness (QED) is 0.340. The van der Waals surface area contributed by atoms with Crippen molar-refractivity contribution < 1.29 is 43.9 Å². The van der Waals surface area contributed by atoms with Crippen molar-refractivity contribution in [2.75, 3.05) is 0 Å². The standard InChI is InChI=1S/C15H5ClF10N2OS/c16-15(25,26)14(23,24)13(21,22)12(19,20)11(17,18)8-5-9(29)28-7-4-2-1-3-6(7)27-10(28)30-8/h1-5H. The highest BCUT2D eigenvalue weighted by atomic mass is 35.5. The van der Waals surface area contributed by atoms with Gasteiger partial charge in [-0.15, -0.1) is 0 Å². The Hall–Kier alpha value is -2.09. The first-order chi connectivity index (χ1) is 13.5. The zero-order valence-electron chi connectivity index (χ0n) is 13.8. The fraction of sp³-hybridized carbons (Fsp3) is 0.333. The van der Waals surface area contributed by atoms with E-state index in [1.807, 2.05) is 0 Å². The Morgan fingerprint density at radius 3 is 2.00 bits per heavy atom. The van der Waals surface area contributed by atoms with Crippen LogP contribution in [0, 0.1) is 0 Å². The molecule has 0 atom stereocenters. The lowest BCUT2D eigenvalue weighted by Crippen LogP contribution is -2.65. The van der Waals surface area contributed by atoms with Crippen LogP contribution in [0.25, 0.3) is 16.0 Å². The van der Waals surface area contributed by atoms with E-state index >= 15 is 0 Å². The van der Waals surface area contributed by atoms with Gasteiger partial charge in [0.1, 0.15) is 0 Å². The molecule has 0 aliphatic heterocycles. The molecule has 3 aromatic rings. The van der Waals surface area contributed by atoms with Gasteiger partial charge >= 0.3 is 29.1 Å². The topological polar surface area (TPSA) is 34.4 Å². The summed E-state index contributed by atoms with van der Waals surface area (Å²) in [4.78, 5) is 13.1. The highest BCUT2D eigenvalue weighted by Gasteiger charge is 2.86. The third kappa shape index (κ3) is 2.87. The smallest absolute Gasteiger partial charge is 0.269 e. The number of aromatic nitrogens is 2. The lowest BCUT2D eigenvalue weighted by Gasteiger charge is -2.37. The first kappa shape index (κ1) is 22.6. The second-order valence-electron chi connectivity index (χ2n) is 5.96. The summed E-state index contributed by atoms with van der Waals surface area (Å²) < 4.78 is 136. The number of imidazole rings is 1. The minimum Gasteiger partial charge on any atom is -0.269 e. The van der Waals surface area contributed by atoms with E-state index in [0.29, 0.717) is 4.40 Å². The van der Waals surface area contributed by atoms with E-state index in [1.165, 1.54) is 24.3 Å². The normalized spacial score (nSPS) is 14.6. The van der Waals surface area contributed by atoms with Gasteiger partial charge in [0.05, 0.1) is 15.9 Å². The number of rotatable bonds is 5. The molecule has 2 heterocycles. The molecule has 0 unspecified atom stereocenters. The summed E-state index contributed by atoms with van der Waals surface area (Å²) >= 11 is 3.38. The summed E-state index contributed by atoms with van der Waals surface area (Å²) in [6, 6.07) is 5.30. The Labute approximate surface area is 167 Å². The maximum atomic E-state index is 14.3. The summed E-state index contributed by atoms with van der Waals surface area (Å²) in [6.45, 7) is 0. The van der Waals surface area contributed by atoms with Gasteiger partial charge in [0.2, 0.25) is 0 Å². The van der Waals surface area contributed by atoms with E-state index in [9.17, 15) is 48.7 Å². The van der Waals surface area contributed by atoms with E-state index in [2.05, 4.69) is 16.6 Å². The van der Waals surface area contributed by atoms with E-state index in [0.717, 1.165) is 0 Å². The molecule has 0 spiro atoms. The Bertz CT molecular complexity index is 1180. The highest BCUT2D eigenvalue weighted by Crippen LogP contribution is 2.60. The third-order valence-corrected chi connectivity index (χ3v) is 5.34. The SMILES string of the molecule is O=c1cc(C(F)(F)C(F)(F)C(F)(F)C(F)(F)C(F)(F)Cl)sc2nc3ccccc3n12. The maximum Gasteiger partial charge on any atom is 0.393 e. The fourth-order valence-corrected chi connectivity index (χ4v) is 3.63. The van der Waals surface area contributed by atoms with Crippen LogP contribution in [0.2, 0.25) is 0 Å². The molecule has 3 nitrogen and oxygen atoms in total. The summed E-state index contributed by atoms with van der Waals surface area (Å²) in [6.07, 6.45) is 0. The number of benzene rings is 1. The minimum absolute atomic E-state index is 0.0525. The lowest BCUT2D eigenvalue weighted by atomic mass is 9.97. The van der Waals surface area contributed by atoms with Gasteiger partial charge < -0.3 is 0 Å². The Morgan fingerprint density at radius 2 is 1.43 bits per heavy atom. The van der Waals surface area contributed by atoms with Crippen molar-refractivity contribution in [2.45, 2.75) is 29.1 Å². The molecule has 0 fully saturated rings. The Kier molecular flexibility index (Phi) is 4.86. The first-order valence-electron chi connectivity index (χ1n) is 7.46. The van der Waals surface area contributed by atoms with Crippen molar-refractivity contribution in [3.63, 3.8) is 0 Å². The van der Waals surface area contributed by atoms with Crippen molar-refractivity contribution in [3.8, 4) is 0 Å². The average Bonchev–Trinajstić information content (AvgIpc) is 2.99. The molecule has 0 radical (unpaired) electrons. The summed E-state index contributed by atoms with van der Waals surface area (Å²) in [5.41, 5.74) is -1.30. The van der Waals surface area contributed by atoms with Crippen LogP contribution in [0.5, 0.6) is 0 Å². The van der Waals surface area contributed by atoms with E-state index in [1.54, 1.807) is 0 Å². The zero-order chi connectivity index (χ0) is 22.9. The predicted molar refractivity (Wildman–Crippen MR) is 86.4 cm³/mol. The largest absolute Gasteiger partial charge is 0.393 e. The number of para-hydroxylation sites is 2. The van der Waals surface area contributed by atoms with Crippen LogP contribution in [0.15, 0.2) is 35.1 Å². The van der Waals surface area contributed by atoms with E-state index in [-0.39, 0.29) is 28.4 Å². The van der Waals surface area contributed by atoms with Crippen molar-refractivity contribution >= 4 is 38.9 Å². The molecule has 0 aliphatic rings. The predicted octanol–water partition coefficient (Wildman–Crippen LogP) is 5.74. The first-order valence-corrected chi connectivity index (χ1v) is 8.66. The van der Waals surface area contributed by atoms with Crippen LogP contribution in [0.1, 0.15) is 4.88 Å². The van der Waals surface area contributed by atoms with Gasteiger partial charge in [-0.2, -0.15) is 43.9 Å². The van der Waals surface area contributed by atoms with Crippen LogP contribution in [0.4, 0.5) is 43.9 Å². The molecule has 0 saturated carbocycles. The average molecular weight is 487 g/mol. The number of nitrogens with zero attached hydrogens (tertiary/aromatic N) is 2. The minimum atomic E-state index is -7.31. The third-order valence-electron chi connectivity index (χ3n) is 4.05. The second kappa shape index (κ2) is 6.45. The highest BCUT2D eigenvalue weighted by molar-refractivity contribution is 7.16. The Balaban J connectivity index is 2.22. The summed E-state index contributed by atoms with van der Waals surface area (Å²) in [7, 11) is 0. The Morgan fingerprint density at radius 1 is 0.867 bits per heavy atom. The van der Waals surface area contributed by atoms with Gasteiger partial charge in [-0.25, -0.2) is 4.98 Å². The van der Waals surface area contributed by atoms with Gasteiger partial charge in [-0.3, -0.25) is 9.20 Å². The molecule has 164 valence electrons. The van der Waals surface area contributed by atoms with Crippen LogP contribution in [-0.2, 0) is 5.92 Å². The molecule has 1 aromatic carbocycles. The van der Waals surface area contributed by atoms with Crippen molar-refractivity contribution in [1.29, 1.82) is 0 Å². The molecular weight excluding hydrogens is 482 g/mol.